The van der Waals surface area contributed by atoms with Crippen molar-refractivity contribution in [3.63, 3.8) is 0 Å². The van der Waals surface area contributed by atoms with E-state index in [9.17, 15) is 4.79 Å². The van der Waals surface area contributed by atoms with Gasteiger partial charge in [-0.25, -0.2) is 9.78 Å². The van der Waals surface area contributed by atoms with E-state index in [0.717, 1.165) is 21.1 Å². The number of carbonyl (C=O) groups is 1. The minimum atomic E-state index is -0.188. The van der Waals surface area contributed by atoms with Crippen LogP contribution in [0.25, 0.3) is 0 Å². The van der Waals surface area contributed by atoms with Crippen molar-refractivity contribution in [2.24, 2.45) is 0 Å². The third-order valence-electron chi connectivity index (χ3n) is 2.86. The van der Waals surface area contributed by atoms with Crippen molar-refractivity contribution < 1.29 is 4.79 Å². The van der Waals surface area contributed by atoms with E-state index in [2.05, 4.69) is 20.6 Å². The third kappa shape index (κ3) is 3.77. The normalized spacial score (nSPS) is 11.9. The molecule has 0 saturated carbocycles. The molecule has 0 aliphatic heterocycles. The van der Waals surface area contributed by atoms with Gasteiger partial charge in [-0.05, 0) is 32.4 Å². The number of nitrogens with one attached hydrogen (secondary N) is 2. The summed E-state index contributed by atoms with van der Waals surface area (Å²) in [7, 11) is 0. The summed E-state index contributed by atoms with van der Waals surface area (Å²) in [6, 6.07) is 3.54. The van der Waals surface area contributed by atoms with Gasteiger partial charge in [0.05, 0.1) is 16.7 Å². The lowest BCUT2D eigenvalue weighted by Crippen LogP contribution is -2.36. The van der Waals surface area contributed by atoms with Crippen molar-refractivity contribution in [3.8, 4) is 0 Å². The average Bonchev–Trinajstić information content (AvgIpc) is 2.77. The van der Waals surface area contributed by atoms with Crippen molar-refractivity contribution in [3.05, 3.63) is 45.7 Å². The molecule has 0 aliphatic carbocycles. The van der Waals surface area contributed by atoms with Crippen LogP contribution in [0.5, 0.6) is 0 Å². The van der Waals surface area contributed by atoms with Crippen LogP contribution in [0.4, 0.5) is 4.79 Å². The summed E-state index contributed by atoms with van der Waals surface area (Å²) in [5, 5.41) is 6.76. The first-order valence-corrected chi connectivity index (χ1v) is 7.25. The Balaban J connectivity index is 1.87. The third-order valence-corrected chi connectivity index (χ3v) is 4.11. The highest BCUT2D eigenvalue weighted by Gasteiger charge is 2.14. The number of aryl methyl sites for hydroxylation is 2. The summed E-state index contributed by atoms with van der Waals surface area (Å²) >= 11 is 1.62. The van der Waals surface area contributed by atoms with E-state index in [-0.39, 0.29) is 12.1 Å². The molecule has 0 fully saturated rings. The van der Waals surface area contributed by atoms with E-state index in [1.54, 1.807) is 23.7 Å². The van der Waals surface area contributed by atoms with E-state index in [4.69, 9.17) is 0 Å². The van der Waals surface area contributed by atoms with Gasteiger partial charge in [0.25, 0.3) is 0 Å². The lowest BCUT2D eigenvalue weighted by molar-refractivity contribution is 0.237. The van der Waals surface area contributed by atoms with Crippen LogP contribution in [0.15, 0.2) is 24.5 Å². The molecule has 0 radical (unpaired) electrons. The number of hydrogen-bond acceptors (Lipinski definition) is 4. The highest BCUT2D eigenvalue weighted by molar-refractivity contribution is 7.11. The molecule has 5 nitrogen and oxygen atoms in total. The van der Waals surface area contributed by atoms with Crippen LogP contribution in [0, 0.1) is 13.8 Å². The molecule has 2 rings (SSSR count). The number of rotatable bonds is 4. The first-order valence-electron chi connectivity index (χ1n) is 6.43. The van der Waals surface area contributed by atoms with Gasteiger partial charge in [0.1, 0.15) is 0 Å². The van der Waals surface area contributed by atoms with E-state index < -0.39 is 0 Å². The molecule has 0 aliphatic rings. The molecule has 0 aromatic carbocycles. The van der Waals surface area contributed by atoms with Gasteiger partial charge < -0.3 is 10.6 Å². The predicted molar refractivity (Wildman–Crippen MR) is 79.6 cm³/mol. The first kappa shape index (κ1) is 14.5. The molecular formula is C14H18N4OS. The summed E-state index contributed by atoms with van der Waals surface area (Å²) in [6.45, 7) is 6.36. The Labute approximate surface area is 122 Å². The van der Waals surface area contributed by atoms with Crippen molar-refractivity contribution in [2.45, 2.75) is 33.4 Å². The van der Waals surface area contributed by atoms with Crippen LogP contribution in [-0.2, 0) is 6.54 Å². The number of amides is 2. The van der Waals surface area contributed by atoms with Gasteiger partial charge in [-0.3, -0.25) is 4.98 Å². The van der Waals surface area contributed by atoms with Gasteiger partial charge in [-0.2, -0.15) is 0 Å². The van der Waals surface area contributed by atoms with E-state index in [1.165, 1.54) is 0 Å². The summed E-state index contributed by atoms with van der Waals surface area (Å²) in [5.41, 5.74) is 1.95. The number of pyridine rings is 1. The molecule has 0 saturated heterocycles. The Morgan fingerprint density at radius 2 is 2.25 bits per heavy atom. The second-order valence-electron chi connectivity index (χ2n) is 4.59. The van der Waals surface area contributed by atoms with Crippen molar-refractivity contribution in [2.75, 3.05) is 0 Å². The Hall–Kier alpha value is -1.95. The maximum atomic E-state index is 11.9. The summed E-state index contributed by atoms with van der Waals surface area (Å²) in [6.07, 6.45) is 3.45. The lowest BCUT2D eigenvalue weighted by atomic mass is 10.2. The van der Waals surface area contributed by atoms with Crippen LogP contribution in [0.1, 0.15) is 34.1 Å². The predicted octanol–water partition coefficient (Wildman–Crippen LogP) is 2.72. The topological polar surface area (TPSA) is 66.9 Å². The molecule has 20 heavy (non-hydrogen) atoms. The number of thiazole rings is 1. The molecule has 2 aromatic rings. The monoisotopic (exact) mass is 290 g/mol. The van der Waals surface area contributed by atoms with E-state index >= 15 is 0 Å². The number of hydrogen-bond donors (Lipinski definition) is 2. The molecule has 106 valence electrons. The molecule has 0 bridgehead atoms. The highest BCUT2D eigenvalue weighted by Crippen LogP contribution is 2.24. The van der Waals surface area contributed by atoms with Gasteiger partial charge in [-0.1, -0.05) is 6.07 Å². The van der Waals surface area contributed by atoms with Crippen molar-refractivity contribution >= 4 is 17.4 Å². The number of carbonyl (C=O) groups excluding carboxylic acids is 1. The highest BCUT2D eigenvalue weighted by atomic mass is 32.1. The summed E-state index contributed by atoms with van der Waals surface area (Å²) in [5.74, 6) is 0. The van der Waals surface area contributed by atoms with Gasteiger partial charge in [-0.15, -0.1) is 11.3 Å². The minimum absolute atomic E-state index is 0.0462. The number of urea groups is 1. The Kier molecular flexibility index (Phi) is 4.68. The second kappa shape index (κ2) is 6.47. The van der Waals surface area contributed by atoms with Gasteiger partial charge in [0, 0.05) is 23.8 Å². The molecule has 2 amide bonds. The minimum Gasteiger partial charge on any atom is -0.334 e. The van der Waals surface area contributed by atoms with Gasteiger partial charge in [0.15, 0.2) is 0 Å². The molecule has 6 heteroatoms. The fraction of sp³-hybridized carbons (Fsp3) is 0.357. The second-order valence-corrected chi connectivity index (χ2v) is 5.83. The summed E-state index contributed by atoms with van der Waals surface area (Å²) in [4.78, 5) is 21.3. The number of aromatic nitrogens is 2. The fourth-order valence-corrected chi connectivity index (χ4v) is 2.88. The zero-order chi connectivity index (χ0) is 14.5. The molecule has 2 N–H and O–H groups in total. The van der Waals surface area contributed by atoms with E-state index in [1.807, 2.05) is 32.9 Å². The average molecular weight is 290 g/mol. The molecule has 2 heterocycles. The van der Waals surface area contributed by atoms with Gasteiger partial charge in [0.2, 0.25) is 0 Å². The van der Waals surface area contributed by atoms with Gasteiger partial charge >= 0.3 is 6.03 Å². The largest absolute Gasteiger partial charge is 0.334 e. The zero-order valence-electron chi connectivity index (χ0n) is 11.8. The molecule has 1 unspecified atom stereocenters. The Bertz CT molecular complexity index is 582. The van der Waals surface area contributed by atoms with Crippen molar-refractivity contribution in [1.82, 2.24) is 20.6 Å². The van der Waals surface area contributed by atoms with Crippen molar-refractivity contribution in [1.29, 1.82) is 0 Å². The molecule has 0 spiro atoms. The Morgan fingerprint density at radius 3 is 2.85 bits per heavy atom. The Morgan fingerprint density at radius 1 is 1.45 bits per heavy atom. The lowest BCUT2D eigenvalue weighted by Gasteiger charge is -2.13. The fourth-order valence-electron chi connectivity index (χ4n) is 1.95. The SMILES string of the molecule is Cc1nc(C)c(C(C)NC(=O)NCc2cccnc2)s1. The number of nitrogens with zero attached hydrogens (tertiary/aromatic N) is 2. The molecule has 2 aromatic heterocycles. The molecular weight excluding hydrogens is 272 g/mol. The van der Waals surface area contributed by atoms with E-state index in [0.29, 0.717) is 6.54 Å². The van der Waals surface area contributed by atoms with Crippen LogP contribution in [-0.4, -0.2) is 16.0 Å². The van der Waals surface area contributed by atoms with Crippen LogP contribution < -0.4 is 10.6 Å². The van der Waals surface area contributed by atoms with Crippen LogP contribution in [0.3, 0.4) is 0 Å². The van der Waals surface area contributed by atoms with Crippen LogP contribution >= 0.6 is 11.3 Å². The summed E-state index contributed by atoms with van der Waals surface area (Å²) < 4.78 is 0. The quantitative estimate of drug-likeness (QED) is 0.910. The smallest absolute Gasteiger partial charge is 0.315 e. The standard InChI is InChI=1S/C14H18N4OS/c1-9-13(20-11(3)17-9)10(2)18-14(19)16-8-12-5-4-6-15-7-12/h4-7,10H,8H2,1-3H3,(H2,16,18,19). The van der Waals surface area contributed by atoms with Crippen LogP contribution in [0.2, 0.25) is 0 Å². The maximum Gasteiger partial charge on any atom is 0.315 e. The maximum absolute atomic E-state index is 11.9. The zero-order valence-corrected chi connectivity index (χ0v) is 12.6. The molecule has 1 atom stereocenters. The first-order chi connectivity index (χ1) is 9.56.